The van der Waals surface area contributed by atoms with E-state index in [1.165, 1.54) is 44.6 Å². The van der Waals surface area contributed by atoms with Gasteiger partial charge >= 0.3 is 0 Å². The molecule has 1 unspecified atom stereocenters. The lowest BCUT2D eigenvalue weighted by Gasteiger charge is -2.60. The maximum atomic E-state index is 10.8. The van der Waals surface area contributed by atoms with Crippen molar-refractivity contribution < 1.29 is 22.8 Å². The molecule has 3 saturated carbocycles. The summed E-state index contributed by atoms with van der Waals surface area (Å²) in [5, 5.41) is 10.5. The standard InChI is InChI=1S/C27H47NO2.C8H10O3S/c1-7-28(8-2)27(30-9-3)17-16-25(5)20(18-27)10-11-21-23-13-12-22(19(4)29)26(23,6)15-14-24(21)25;1-6-3-4-7(2)8(5-6)12(9,10)11/h10,19,21-24,29H,7-9,11-18H2,1-6H3;3-5H,1-2H3,(H,9,10,11)/t19?,21-,22+,23-,24-,25-,26+,27-;/m0./s1. The van der Waals surface area contributed by atoms with Gasteiger partial charge in [0.15, 0.2) is 0 Å². The number of rotatable bonds is 7. The summed E-state index contributed by atoms with van der Waals surface area (Å²) in [5.74, 6) is 2.93. The van der Waals surface area contributed by atoms with E-state index in [0.717, 1.165) is 55.9 Å². The Morgan fingerprint density at radius 1 is 1.02 bits per heavy atom. The van der Waals surface area contributed by atoms with E-state index in [9.17, 15) is 13.5 Å². The molecule has 0 heterocycles. The van der Waals surface area contributed by atoms with Gasteiger partial charge in [-0.3, -0.25) is 9.45 Å². The number of nitrogens with zero attached hydrogens (tertiary/aromatic N) is 1. The number of allylic oxidation sites excluding steroid dienone is 1. The third kappa shape index (κ3) is 6.02. The number of aliphatic hydroxyl groups excluding tert-OH is 1. The highest BCUT2D eigenvalue weighted by atomic mass is 32.2. The molecule has 7 heteroatoms. The highest BCUT2D eigenvalue weighted by Gasteiger charge is 2.60. The monoisotopic (exact) mass is 603 g/mol. The van der Waals surface area contributed by atoms with Gasteiger partial charge in [-0.25, -0.2) is 0 Å². The van der Waals surface area contributed by atoms with Crippen molar-refractivity contribution in [2.75, 3.05) is 19.7 Å². The quantitative estimate of drug-likeness (QED) is 0.190. The van der Waals surface area contributed by atoms with Crippen molar-refractivity contribution in [2.45, 2.75) is 123 Å². The van der Waals surface area contributed by atoms with Crippen LogP contribution in [0, 0.1) is 48.3 Å². The highest BCUT2D eigenvalue weighted by molar-refractivity contribution is 7.85. The number of ether oxygens (including phenoxy) is 1. The summed E-state index contributed by atoms with van der Waals surface area (Å²) in [6, 6.07) is 4.91. The van der Waals surface area contributed by atoms with Crippen molar-refractivity contribution >= 4 is 10.1 Å². The van der Waals surface area contributed by atoms with Crippen LogP contribution in [0.15, 0.2) is 34.7 Å². The van der Waals surface area contributed by atoms with Crippen LogP contribution in [0.2, 0.25) is 0 Å². The van der Waals surface area contributed by atoms with Crippen LogP contribution >= 0.6 is 0 Å². The van der Waals surface area contributed by atoms with Crippen LogP contribution in [-0.2, 0) is 14.9 Å². The second-order valence-corrected chi connectivity index (χ2v) is 15.6. The van der Waals surface area contributed by atoms with Crippen LogP contribution in [0.4, 0.5) is 0 Å². The molecular formula is C35H57NO5S. The van der Waals surface area contributed by atoms with E-state index in [0.29, 0.717) is 22.3 Å². The molecule has 6 nitrogen and oxygen atoms in total. The fourth-order valence-corrected chi connectivity index (χ4v) is 10.8. The topological polar surface area (TPSA) is 87.1 Å². The zero-order valence-corrected chi connectivity index (χ0v) is 28.3. The molecule has 0 radical (unpaired) electrons. The molecule has 8 atom stereocenters. The van der Waals surface area contributed by atoms with E-state index in [4.69, 9.17) is 9.29 Å². The van der Waals surface area contributed by atoms with E-state index in [-0.39, 0.29) is 16.7 Å². The number of benzene rings is 1. The Kier molecular flexibility index (Phi) is 10.1. The first-order valence-corrected chi connectivity index (χ1v) is 17.9. The van der Waals surface area contributed by atoms with Crippen molar-refractivity contribution in [1.82, 2.24) is 4.90 Å². The van der Waals surface area contributed by atoms with Crippen LogP contribution in [-0.4, -0.2) is 54.5 Å². The SMILES string of the molecule is CCO[C@@]1(N(CC)CC)CC[C@@]2(C)C(=CC[C@H]3[C@@H]4CC[C@H](C(C)O)[C@@]4(C)CC[C@@H]32)C1.Cc1ccc(C)c(S(=O)(=O)O)c1. The van der Waals surface area contributed by atoms with Gasteiger partial charge in [-0.05, 0) is 137 Å². The summed E-state index contributed by atoms with van der Waals surface area (Å²) in [5.41, 5.74) is 3.67. The van der Waals surface area contributed by atoms with Crippen LogP contribution < -0.4 is 0 Å². The summed E-state index contributed by atoms with van der Waals surface area (Å²) >= 11 is 0. The summed E-state index contributed by atoms with van der Waals surface area (Å²) < 4.78 is 36.8. The van der Waals surface area contributed by atoms with Crippen LogP contribution in [0.3, 0.4) is 0 Å². The number of aliphatic hydroxyl groups is 1. The van der Waals surface area contributed by atoms with Crippen molar-refractivity contribution in [1.29, 1.82) is 0 Å². The number of hydrogen-bond acceptors (Lipinski definition) is 5. The van der Waals surface area contributed by atoms with Crippen LogP contribution in [0.5, 0.6) is 0 Å². The second-order valence-electron chi connectivity index (χ2n) is 14.2. The minimum atomic E-state index is -4.06. The molecule has 3 fully saturated rings. The summed E-state index contributed by atoms with van der Waals surface area (Å²) in [4.78, 5) is 2.56. The van der Waals surface area contributed by atoms with Crippen molar-refractivity contribution in [3.8, 4) is 0 Å². The first-order valence-electron chi connectivity index (χ1n) is 16.5. The van der Waals surface area contributed by atoms with E-state index in [1.54, 1.807) is 31.6 Å². The molecule has 1 aromatic rings. The molecular weight excluding hydrogens is 546 g/mol. The van der Waals surface area contributed by atoms with Gasteiger partial charge in [0.25, 0.3) is 10.1 Å². The van der Waals surface area contributed by atoms with E-state index < -0.39 is 10.1 Å². The molecule has 4 aliphatic rings. The summed E-state index contributed by atoms with van der Waals surface area (Å²) in [7, 11) is -4.06. The zero-order chi connectivity index (χ0) is 31.1. The normalized spacial score (nSPS) is 36.7. The Labute approximate surface area is 256 Å². The largest absolute Gasteiger partial charge is 0.393 e. The van der Waals surface area contributed by atoms with Gasteiger partial charge in [0, 0.05) is 13.0 Å². The van der Waals surface area contributed by atoms with Gasteiger partial charge < -0.3 is 9.84 Å². The minimum Gasteiger partial charge on any atom is -0.393 e. The smallest absolute Gasteiger partial charge is 0.294 e. The third-order valence-electron chi connectivity index (χ3n) is 12.2. The maximum absolute atomic E-state index is 10.8. The van der Waals surface area contributed by atoms with Crippen molar-refractivity contribution in [2.24, 2.45) is 34.5 Å². The van der Waals surface area contributed by atoms with Crippen LogP contribution in [0.1, 0.15) is 104 Å². The average molecular weight is 604 g/mol. The Morgan fingerprint density at radius 3 is 2.29 bits per heavy atom. The van der Waals surface area contributed by atoms with Gasteiger partial charge in [-0.1, -0.05) is 51.5 Å². The molecule has 2 N–H and O–H groups in total. The van der Waals surface area contributed by atoms with Gasteiger partial charge in [-0.15, -0.1) is 0 Å². The summed E-state index contributed by atoms with van der Waals surface area (Å²) in [6.45, 7) is 20.2. The fraction of sp³-hybridized carbons (Fsp3) is 0.771. The molecule has 0 saturated heterocycles. The third-order valence-corrected chi connectivity index (χ3v) is 13.2. The van der Waals surface area contributed by atoms with Crippen molar-refractivity contribution in [3.63, 3.8) is 0 Å². The van der Waals surface area contributed by atoms with Gasteiger partial charge in [-0.2, -0.15) is 8.42 Å². The Morgan fingerprint density at radius 2 is 1.71 bits per heavy atom. The molecule has 0 aromatic heterocycles. The Balaban J connectivity index is 0.000000283. The van der Waals surface area contributed by atoms with Gasteiger partial charge in [0.1, 0.15) is 5.72 Å². The number of aryl methyl sites for hydroxylation is 2. The molecule has 4 aliphatic carbocycles. The molecule has 0 bridgehead atoms. The number of fused-ring (bicyclic) bond motifs is 5. The van der Waals surface area contributed by atoms with E-state index in [1.807, 2.05) is 6.92 Å². The maximum Gasteiger partial charge on any atom is 0.294 e. The van der Waals surface area contributed by atoms with E-state index >= 15 is 0 Å². The Bertz CT molecular complexity index is 1240. The van der Waals surface area contributed by atoms with Gasteiger partial charge in [0.2, 0.25) is 0 Å². The molecule has 0 aliphatic heterocycles. The first-order chi connectivity index (χ1) is 19.7. The molecule has 0 spiro atoms. The van der Waals surface area contributed by atoms with Crippen LogP contribution in [0.25, 0.3) is 0 Å². The molecule has 5 rings (SSSR count). The first kappa shape index (κ1) is 33.6. The van der Waals surface area contributed by atoms with E-state index in [2.05, 4.69) is 45.6 Å². The second kappa shape index (κ2) is 12.6. The molecule has 1 aromatic carbocycles. The lowest BCUT2D eigenvalue weighted by molar-refractivity contribution is -0.179. The lowest BCUT2D eigenvalue weighted by atomic mass is 9.47. The van der Waals surface area contributed by atoms with Gasteiger partial charge in [0.05, 0.1) is 11.0 Å². The molecule has 42 heavy (non-hydrogen) atoms. The fourth-order valence-electron chi connectivity index (χ4n) is 9.99. The summed E-state index contributed by atoms with van der Waals surface area (Å²) in [6.07, 6.45) is 12.5. The number of hydrogen-bond donors (Lipinski definition) is 2. The average Bonchev–Trinajstić information content (AvgIpc) is 3.29. The highest BCUT2D eigenvalue weighted by Crippen LogP contribution is 2.67. The predicted molar refractivity (Wildman–Crippen MR) is 170 cm³/mol. The van der Waals surface area contributed by atoms with Crippen molar-refractivity contribution in [3.05, 3.63) is 41.0 Å². The molecule has 0 amide bonds. The zero-order valence-electron chi connectivity index (χ0n) is 27.4. The lowest BCUT2D eigenvalue weighted by Crippen LogP contribution is -2.58. The minimum absolute atomic E-state index is 0.0116. The Hall–Kier alpha value is -1.25. The molecule has 238 valence electrons. The predicted octanol–water partition coefficient (Wildman–Crippen LogP) is 7.57.